The first-order chi connectivity index (χ1) is 11.5. The number of hydrogen-bond donors (Lipinski definition) is 0. The first-order valence-electron chi connectivity index (χ1n) is 6.70. The lowest BCUT2D eigenvalue weighted by Gasteiger charge is -2.02. The second-order valence-corrected chi connectivity index (χ2v) is 4.28. The molecule has 0 N–H and O–H groups in total. The van der Waals surface area contributed by atoms with Crippen LogP contribution in [0.3, 0.4) is 0 Å². The standard InChI is InChI=1S/C12H13N3O3.C4H4O2/c1-17-10-5-3-9(4-6-10)7-15-8-11(13-14-15)12(16)18-2;1-3-4(5)6-2/h3-6,8H,7H2,1-2H3;1H,2H3. The topological polar surface area (TPSA) is 92.5 Å². The Bertz CT molecular complexity index is 716. The Morgan fingerprint density at radius 3 is 2.29 bits per heavy atom. The highest BCUT2D eigenvalue weighted by Crippen LogP contribution is 2.12. The first kappa shape index (κ1) is 18.7. The number of methoxy groups -OCH3 is 3. The van der Waals surface area contributed by atoms with Gasteiger partial charge in [0.25, 0.3) is 0 Å². The van der Waals surface area contributed by atoms with Crippen LogP contribution in [0.25, 0.3) is 0 Å². The predicted molar refractivity (Wildman–Crippen MR) is 84.3 cm³/mol. The highest BCUT2D eigenvalue weighted by molar-refractivity contribution is 5.87. The third kappa shape index (κ3) is 5.81. The number of nitrogens with zero attached hydrogens (tertiary/aromatic N) is 3. The normalized spacial score (nSPS) is 9.08. The molecule has 0 saturated heterocycles. The molecule has 0 unspecified atom stereocenters. The molecule has 0 fully saturated rings. The monoisotopic (exact) mass is 331 g/mol. The third-order valence-corrected chi connectivity index (χ3v) is 2.74. The molecule has 0 radical (unpaired) electrons. The van der Waals surface area contributed by atoms with Crippen molar-refractivity contribution in [3.8, 4) is 18.1 Å². The van der Waals surface area contributed by atoms with Gasteiger partial charge in [-0.2, -0.15) is 0 Å². The molecule has 1 aromatic heterocycles. The second-order valence-electron chi connectivity index (χ2n) is 4.28. The van der Waals surface area contributed by atoms with Gasteiger partial charge in [-0.3, -0.25) is 0 Å². The van der Waals surface area contributed by atoms with E-state index in [1.165, 1.54) is 14.2 Å². The van der Waals surface area contributed by atoms with Gasteiger partial charge in [0.2, 0.25) is 0 Å². The molecule has 2 aromatic rings. The molecule has 0 spiro atoms. The molecule has 0 aliphatic rings. The Labute approximate surface area is 139 Å². The van der Waals surface area contributed by atoms with Crippen molar-refractivity contribution in [3.05, 3.63) is 41.7 Å². The average molecular weight is 331 g/mol. The number of carbonyl (C=O) groups is 2. The minimum Gasteiger partial charge on any atom is -0.497 e. The number of aromatic nitrogens is 3. The fourth-order valence-electron chi connectivity index (χ4n) is 1.55. The van der Waals surface area contributed by atoms with Crippen molar-refractivity contribution in [3.63, 3.8) is 0 Å². The summed E-state index contributed by atoms with van der Waals surface area (Å²) in [5.74, 6) is 1.43. The van der Waals surface area contributed by atoms with Gasteiger partial charge < -0.3 is 14.2 Å². The number of ether oxygens (including phenoxy) is 3. The minimum absolute atomic E-state index is 0.200. The Kier molecular flexibility index (Phi) is 7.51. The van der Waals surface area contributed by atoms with Crippen molar-refractivity contribution >= 4 is 11.9 Å². The van der Waals surface area contributed by atoms with Crippen LogP contribution in [-0.4, -0.2) is 48.3 Å². The molecule has 0 atom stereocenters. The Morgan fingerprint density at radius 2 is 1.83 bits per heavy atom. The van der Waals surface area contributed by atoms with E-state index < -0.39 is 11.9 Å². The summed E-state index contributed by atoms with van der Waals surface area (Å²) in [7, 11) is 4.17. The number of esters is 2. The summed E-state index contributed by atoms with van der Waals surface area (Å²) in [4.78, 5) is 20.9. The van der Waals surface area contributed by atoms with Crippen LogP contribution in [-0.2, 0) is 20.8 Å². The lowest BCUT2D eigenvalue weighted by Crippen LogP contribution is -2.01. The van der Waals surface area contributed by atoms with E-state index in [2.05, 4.69) is 26.2 Å². The molecule has 126 valence electrons. The van der Waals surface area contributed by atoms with E-state index in [0.717, 1.165) is 11.3 Å². The molecule has 1 aromatic carbocycles. The van der Waals surface area contributed by atoms with Crippen LogP contribution in [0.15, 0.2) is 30.5 Å². The van der Waals surface area contributed by atoms with Gasteiger partial charge in [0.15, 0.2) is 5.69 Å². The maximum atomic E-state index is 11.2. The quantitative estimate of drug-likeness (QED) is 0.467. The van der Waals surface area contributed by atoms with Gasteiger partial charge in [-0.05, 0) is 17.7 Å². The summed E-state index contributed by atoms with van der Waals surface area (Å²) in [6.07, 6.45) is 6.11. The van der Waals surface area contributed by atoms with Crippen LogP contribution >= 0.6 is 0 Å². The number of terminal acetylenes is 1. The van der Waals surface area contributed by atoms with Crippen molar-refractivity contribution in [2.45, 2.75) is 6.54 Å². The van der Waals surface area contributed by atoms with Gasteiger partial charge in [0.05, 0.1) is 34.1 Å². The van der Waals surface area contributed by atoms with Crippen LogP contribution in [0.1, 0.15) is 16.1 Å². The van der Waals surface area contributed by atoms with Crippen LogP contribution in [0.4, 0.5) is 0 Å². The molecule has 0 aliphatic heterocycles. The SMILES string of the molecule is C#CC(=O)OC.COC(=O)c1cn(Cc2ccc(OC)cc2)nn1. The van der Waals surface area contributed by atoms with Gasteiger partial charge in [-0.1, -0.05) is 17.3 Å². The molecule has 2 rings (SSSR count). The average Bonchev–Trinajstić information content (AvgIpc) is 3.10. The maximum absolute atomic E-state index is 11.2. The number of rotatable bonds is 4. The fourth-order valence-corrected chi connectivity index (χ4v) is 1.55. The summed E-state index contributed by atoms with van der Waals surface area (Å²) in [5, 5.41) is 7.59. The zero-order valence-corrected chi connectivity index (χ0v) is 13.6. The molecular formula is C16H17N3O5. The summed E-state index contributed by atoms with van der Waals surface area (Å²) in [6, 6.07) is 7.59. The smallest absolute Gasteiger partial charge is 0.383 e. The minimum atomic E-state index is -0.630. The van der Waals surface area contributed by atoms with Crippen molar-refractivity contribution in [1.29, 1.82) is 0 Å². The number of hydrogen-bond acceptors (Lipinski definition) is 7. The molecule has 0 aliphatic carbocycles. The number of benzene rings is 1. The third-order valence-electron chi connectivity index (χ3n) is 2.74. The zero-order chi connectivity index (χ0) is 17.9. The van der Waals surface area contributed by atoms with Gasteiger partial charge in [-0.15, -0.1) is 11.5 Å². The summed E-state index contributed by atoms with van der Waals surface area (Å²) in [5.41, 5.74) is 1.24. The lowest BCUT2D eigenvalue weighted by atomic mass is 10.2. The van der Waals surface area contributed by atoms with E-state index in [1.807, 2.05) is 24.3 Å². The lowest BCUT2D eigenvalue weighted by molar-refractivity contribution is -0.133. The van der Waals surface area contributed by atoms with Gasteiger partial charge >= 0.3 is 11.9 Å². The predicted octanol–water partition coefficient (Wildman–Crippen LogP) is 0.914. The van der Waals surface area contributed by atoms with Gasteiger partial charge in [0.1, 0.15) is 5.75 Å². The van der Waals surface area contributed by atoms with Gasteiger partial charge in [-0.25, -0.2) is 14.3 Å². The van der Waals surface area contributed by atoms with Crippen molar-refractivity contribution in [2.24, 2.45) is 0 Å². The summed E-state index contributed by atoms with van der Waals surface area (Å²) in [6.45, 7) is 0.536. The molecule has 1 heterocycles. The van der Waals surface area contributed by atoms with E-state index in [0.29, 0.717) is 6.54 Å². The molecule has 0 amide bonds. The molecule has 0 bridgehead atoms. The van der Waals surface area contributed by atoms with Crippen LogP contribution in [0.2, 0.25) is 0 Å². The van der Waals surface area contributed by atoms with Crippen LogP contribution in [0, 0.1) is 12.3 Å². The van der Waals surface area contributed by atoms with E-state index >= 15 is 0 Å². The highest BCUT2D eigenvalue weighted by atomic mass is 16.5. The van der Waals surface area contributed by atoms with E-state index in [4.69, 9.17) is 4.74 Å². The Morgan fingerprint density at radius 1 is 1.17 bits per heavy atom. The van der Waals surface area contributed by atoms with Crippen LogP contribution < -0.4 is 4.74 Å². The van der Waals surface area contributed by atoms with E-state index in [1.54, 1.807) is 23.9 Å². The Balaban J connectivity index is 0.000000413. The molecule has 8 heteroatoms. The van der Waals surface area contributed by atoms with Crippen molar-refractivity contribution < 1.29 is 23.8 Å². The second kappa shape index (κ2) is 9.63. The molecular weight excluding hydrogens is 314 g/mol. The van der Waals surface area contributed by atoms with Gasteiger partial charge in [0, 0.05) is 5.92 Å². The van der Waals surface area contributed by atoms with Crippen molar-refractivity contribution in [2.75, 3.05) is 21.3 Å². The van der Waals surface area contributed by atoms with E-state index in [-0.39, 0.29) is 5.69 Å². The maximum Gasteiger partial charge on any atom is 0.383 e. The molecule has 24 heavy (non-hydrogen) atoms. The highest BCUT2D eigenvalue weighted by Gasteiger charge is 2.10. The Hall–Kier alpha value is -3.34. The largest absolute Gasteiger partial charge is 0.497 e. The zero-order valence-electron chi connectivity index (χ0n) is 13.6. The first-order valence-corrected chi connectivity index (χ1v) is 6.70. The number of carbonyl (C=O) groups excluding carboxylic acids is 2. The summed E-state index contributed by atoms with van der Waals surface area (Å²) >= 11 is 0. The van der Waals surface area contributed by atoms with Crippen molar-refractivity contribution in [1.82, 2.24) is 15.0 Å². The summed E-state index contributed by atoms with van der Waals surface area (Å²) < 4.78 is 15.2. The van der Waals surface area contributed by atoms with E-state index in [9.17, 15) is 9.59 Å². The molecule has 8 nitrogen and oxygen atoms in total. The fraction of sp³-hybridized carbons (Fsp3) is 0.250. The van der Waals surface area contributed by atoms with Crippen LogP contribution in [0.5, 0.6) is 5.75 Å². The molecule has 0 saturated carbocycles.